The minimum atomic E-state index is -0.468. The van der Waals surface area contributed by atoms with Gasteiger partial charge in [0.25, 0.3) is 0 Å². The summed E-state index contributed by atoms with van der Waals surface area (Å²) in [5.41, 5.74) is 0.835. The molecule has 11 heteroatoms. The maximum Gasteiger partial charge on any atom is 0.301 e. The van der Waals surface area contributed by atoms with E-state index in [1.165, 1.54) is 36.3 Å². The molecule has 2 heterocycles. The summed E-state index contributed by atoms with van der Waals surface area (Å²) in [5, 5.41) is 36.7. The van der Waals surface area contributed by atoms with Crippen LogP contribution in [-0.4, -0.2) is 30.5 Å². The van der Waals surface area contributed by atoms with Gasteiger partial charge in [0.05, 0.1) is 4.92 Å². The molecular formula is C15H10N8O2S. The highest BCUT2D eigenvalue weighted by atomic mass is 32.2. The second kappa shape index (κ2) is 7.86. The van der Waals surface area contributed by atoms with Crippen molar-refractivity contribution in [2.24, 2.45) is 0 Å². The first kappa shape index (κ1) is 17.1. The maximum absolute atomic E-state index is 11.1. The Labute approximate surface area is 151 Å². The van der Waals surface area contributed by atoms with Crippen molar-refractivity contribution in [2.45, 2.75) is 9.92 Å². The lowest BCUT2D eigenvalue weighted by atomic mass is 10.3. The fourth-order valence-corrected chi connectivity index (χ4v) is 2.86. The normalized spacial score (nSPS) is 11.0. The molecule has 0 radical (unpaired) electrons. The Morgan fingerprint density at radius 3 is 3.00 bits per heavy atom. The molecule has 3 aromatic rings. The highest BCUT2D eigenvalue weighted by Crippen LogP contribution is 2.33. The van der Waals surface area contributed by atoms with Gasteiger partial charge in [-0.05, 0) is 29.5 Å². The molecule has 128 valence electrons. The molecule has 0 aliphatic rings. The van der Waals surface area contributed by atoms with Gasteiger partial charge >= 0.3 is 5.69 Å². The average Bonchev–Trinajstić information content (AvgIpc) is 3.17. The molecule has 0 fully saturated rings. The summed E-state index contributed by atoms with van der Waals surface area (Å²) in [6.07, 6.45) is 2.96. The number of aromatic nitrogens is 5. The zero-order chi connectivity index (χ0) is 18.4. The fourth-order valence-electron chi connectivity index (χ4n) is 1.94. The number of pyridine rings is 1. The van der Waals surface area contributed by atoms with E-state index in [9.17, 15) is 10.1 Å². The number of nitro groups is 1. The fraction of sp³-hybridized carbons (Fsp3) is 0. The van der Waals surface area contributed by atoms with E-state index in [1.54, 1.807) is 18.2 Å². The van der Waals surface area contributed by atoms with Gasteiger partial charge in [0, 0.05) is 29.0 Å². The van der Waals surface area contributed by atoms with Crippen LogP contribution in [0.25, 0.3) is 5.57 Å². The van der Waals surface area contributed by atoms with Crippen LogP contribution >= 0.6 is 11.8 Å². The number of H-pyrrole nitrogens is 1. The van der Waals surface area contributed by atoms with E-state index in [1.807, 2.05) is 12.1 Å². The molecule has 0 aliphatic carbocycles. The quantitative estimate of drug-likeness (QED) is 0.381. The molecule has 3 rings (SSSR count). The molecule has 0 unspecified atom stereocenters. The van der Waals surface area contributed by atoms with E-state index < -0.39 is 4.92 Å². The first-order chi connectivity index (χ1) is 12.7. The number of tetrazole rings is 1. The van der Waals surface area contributed by atoms with E-state index in [2.05, 4.69) is 30.9 Å². The van der Waals surface area contributed by atoms with Gasteiger partial charge in [-0.2, -0.15) is 10.5 Å². The van der Waals surface area contributed by atoms with E-state index in [0.29, 0.717) is 10.7 Å². The van der Waals surface area contributed by atoms with Crippen molar-refractivity contribution in [1.82, 2.24) is 25.6 Å². The van der Waals surface area contributed by atoms with Gasteiger partial charge in [-0.3, -0.25) is 10.1 Å². The van der Waals surface area contributed by atoms with Gasteiger partial charge in [0.1, 0.15) is 11.6 Å². The molecular weight excluding hydrogens is 356 g/mol. The minimum Gasteiger partial charge on any atom is -0.360 e. The van der Waals surface area contributed by atoms with Gasteiger partial charge in [-0.1, -0.05) is 17.8 Å². The first-order valence-electron chi connectivity index (χ1n) is 7.15. The number of nitrogens with zero attached hydrogens (tertiary/aromatic N) is 6. The SMILES string of the molecule is N#CC(=CNc1cccc(Sc2ncccc2[N+](=O)[O-])c1)c1nn[nH]n1. The predicted molar refractivity (Wildman–Crippen MR) is 92.8 cm³/mol. The molecule has 0 aliphatic heterocycles. The third kappa shape index (κ3) is 4.00. The van der Waals surface area contributed by atoms with E-state index in [0.717, 1.165) is 4.90 Å². The number of hydrogen-bond acceptors (Lipinski definition) is 9. The third-order valence-electron chi connectivity index (χ3n) is 3.09. The topological polar surface area (TPSA) is 146 Å². The van der Waals surface area contributed by atoms with Crippen LogP contribution < -0.4 is 5.32 Å². The second-order valence-electron chi connectivity index (χ2n) is 4.76. The van der Waals surface area contributed by atoms with Crippen molar-refractivity contribution in [1.29, 1.82) is 5.26 Å². The lowest BCUT2D eigenvalue weighted by molar-refractivity contribution is -0.388. The standard InChI is InChI=1S/C15H10N8O2S/c16-8-10(14-19-21-22-20-14)9-18-11-3-1-4-12(7-11)26-15-13(23(24)25)5-2-6-17-15/h1-7,9,18H,(H,19,20,21,22). The molecule has 2 N–H and O–H groups in total. The number of nitriles is 1. The number of anilines is 1. The van der Waals surface area contributed by atoms with E-state index >= 15 is 0 Å². The molecule has 0 saturated carbocycles. The predicted octanol–water partition coefficient (Wildman–Crippen LogP) is 2.63. The van der Waals surface area contributed by atoms with Crippen LogP contribution in [0.2, 0.25) is 0 Å². The average molecular weight is 366 g/mol. The number of aromatic amines is 1. The maximum atomic E-state index is 11.1. The molecule has 0 saturated heterocycles. The Balaban J connectivity index is 1.79. The number of benzene rings is 1. The van der Waals surface area contributed by atoms with Crippen LogP contribution in [0, 0.1) is 21.4 Å². The van der Waals surface area contributed by atoms with Crippen molar-refractivity contribution in [3.05, 3.63) is 64.7 Å². The Bertz CT molecular complexity index is 997. The third-order valence-corrected chi connectivity index (χ3v) is 4.08. The highest BCUT2D eigenvalue weighted by Gasteiger charge is 2.15. The van der Waals surface area contributed by atoms with E-state index in [4.69, 9.17) is 5.26 Å². The Hall–Kier alpha value is -3.78. The Morgan fingerprint density at radius 2 is 2.27 bits per heavy atom. The summed E-state index contributed by atoms with van der Waals surface area (Å²) >= 11 is 1.18. The summed E-state index contributed by atoms with van der Waals surface area (Å²) < 4.78 is 0. The zero-order valence-corrected chi connectivity index (χ0v) is 13.8. The van der Waals surface area contributed by atoms with Crippen LogP contribution in [-0.2, 0) is 0 Å². The van der Waals surface area contributed by atoms with Gasteiger partial charge < -0.3 is 5.32 Å². The molecule has 0 bridgehead atoms. The van der Waals surface area contributed by atoms with E-state index in [-0.39, 0.29) is 17.1 Å². The highest BCUT2D eigenvalue weighted by molar-refractivity contribution is 7.99. The molecule has 0 amide bonds. The molecule has 26 heavy (non-hydrogen) atoms. The second-order valence-corrected chi connectivity index (χ2v) is 5.83. The van der Waals surface area contributed by atoms with Crippen LogP contribution in [0.3, 0.4) is 0 Å². The van der Waals surface area contributed by atoms with Crippen molar-refractivity contribution in [3.63, 3.8) is 0 Å². The summed E-state index contributed by atoms with van der Waals surface area (Å²) in [5.74, 6) is 0.176. The number of allylic oxidation sites excluding steroid dienone is 1. The van der Waals surface area contributed by atoms with Gasteiger partial charge in [0.15, 0.2) is 5.03 Å². The lowest BCUT2D eigenvalue weighted by Gasteiger charge is -2.05. The number of nitrogens with one attached hydrogen (secondary N) is 2. The molecule has 0 atom stereocenters. The Kier molecular flexibility index (Phi) is 5.16. The van der Waals surface area contributed by atoms with Crippen LogP contribution in [0.15, 0.2) is 58.7 Å². The van der Waals surface area contributed by atoms with Crippen molar-refractivity contribution < 1.29 is 4.92 Å². The first-order valence-corrected chi connectivity index (χ1v) is 7.97. The summed E-state index contributed by atoms with van der Waals surface area (Å²) in [6.45, 7) is 0. The van der Waals surface area contributed by atoms with Crippen LogP contribution in [0.1, 0.15) is 5.82 Å². The van der Waals surface area contributed by atoms with Crippen molar-refractivity contribution >= 4 is 28.7 Å². The van der Waals surface area contributed by atoms with Gasteiger partial charge in [-0.25, -0.2) is 4.98 Å². The van der Waals surface area contributed by atoms with Gasteiger partial charge in [-0.15, -0.1) is 10.2 Å². The number of hydrogen-bond donors (Lipinski definition) is 2. The Morgan fingerprint density at radius 1 is 1.38 bits per heavy atom. The smallest absolute Gasteiger partial charge is 0.301 e. The zero-order valence-electron chi connectivity index (χ0n) is 13.0. The summed E-state index contributed by atoms with van der Waals surface area (Å²) in [7, 11) is 0. The monoisotopic (exact) mass is 366 g/mol. The van der Waals surface area contributed by atoms with Gasteiger partial charge in [0.2, 0.25) is 5.82 Å². The molecule has 2 aromatic heterocycles. The molecule has 0 spiro atoms. The molecule has 10 nitrogen and oxygen atoms in total. The largest absolute Gasteiger partial charge is 0.360 e. The summed E-state index contributed by atoms with van der Waals surface area (Å²) in [4.78, 5) is 15.4. The minimum absolute atomic E-state index is 0.0559. The lowest BCUT2D eigenvalue weighted by Crippen LogP contribution is -1.94. The molecule has 1 aromatic carbocycles. The summed E-state index contributed by atoms with van der Waals surface area (Å²) in [6, 6.07) is 12.1. The van der Waals surface area contributed by atoms with Crippen LogP contribution in [0.5, 0.6) is 0 Å². The van der Waals surface area contributed by atoms with Crippen molar-refractivity contribution in [2.75, 3.05) is 5.32 Å². The van der Waals surface area contributed by atoms with Crippen molar-refractivity contribution in [3.8, 4) is 6.07 Å². The van der Waals surface area contributed by atoms with Crippen LogP contribution in [0.4, 0.5) is 11.4 Å². The number of rotatable bonds is 6.